The first-order valence-corrected chi connectivity index (χ1v) is 6.92. The zero-order valence-corrected chi connectivity index (χ0v) is 12.2. The van der Waals surface area contributed by atoms with Gasteiger partial charge in [-0.25, -0.2) is 4.68 Å². The molecule has 0 aliphatic rings. The molecule has 0 saturated carbocycles. The maximum Gasteiger partial charge on any atom is 0.262 e. The fourth-order valence-corrected chi connectivity index (χ4v) is 1.77. The van der Waals surface area contributed by atoms with Crippen LogP contribution in [-0.4, -0.2) is 32.4 Å². The van der Waals surface area contributed by atoms with Gasteiger partial charge in [0, 0.05) is 18.9 Å². The lowest BCUT2D eigenvalue weighted by Crippen LogP contribution is -2.25. The molecule has 7 heteroatoms. The number of carbonyl (C=O) groups is 1. The zero-order chi connectivity index (χ0) is 15.8. The second-order valence-corrected chi connectivity index (χ2v) is 4.63. The number of hydrogen-bond acceptors (Lipinski definition) is 5. The third-order valence-corrected chi connectivity index (χ3v) is 2.82. The molecule has 22 heavy (non-hydrogen) atoms. The number of aromatic nitrogens is 4. The number of carbonyl (C=O) groups excluding carboxylic acids is 1. The predicted octanol–water partition coefficient (Wildman–Crippen LogP) is 1.15. The van der Waals surface area contributed by atoms with Crippen molar-refractivity contribution >= 4 is 12.0 Å². The minimum absolute atomic E-state index is 0.0156. The van der Waals surface area contributed by atoms with Gasteiger partial charge in [0.2, 0.25) is 0 Å². The lowest BCUT2D eigenvalue weighted by atomic mass is 10.2. The smallest absolute Gasteiger partial charge is 0.262 e. The second-order valence-electron chi connectivity index (χ2n) is 4.63. The Morgan fingerprint density at radius 1 is 1.55 bits per heavy atom. The van der Waals surface area contributed by atoms with Crippen LogP contribution in [0, 0.1) is 11.3 Å². The van der Waals surface area contributed by atoms with E-state index in [0.29, 0.717) is 18.8 Å². The van der Waals surface area contributed by atoms with Gasteiger partial charge in [0.15, 0.2) is 0 Å². The van der Waals surface area contributed by atoms with Crippen molar-refractivity contribution in [3.05, 3.63) is 47.6 Å². The third kappa shape index (κ3) is 4.24. The Balaban J connectivity index is 2.08. The summed E-state index contributed by atoms with van der Waals surface area (Å²) in [4.78, 5) is 15.8. The molecule has 1 amide bonds. The second kappa shape index (κ2) is 7.69. The minimum atomic E-state index is -0.397. The average molecular weight is 296 g/mol. The molecular formula is C15H16N6O. The van der Waals surface area contributed by atoms with Crippen molar-refractivity contribution in [2.45, 2.75) is 19.9 Å². The zero-order valence-electron chi connectivity index (χ0n) is 12.2. The van der Waals surface area contributed by atoms with Crippen LogP contribution in [0.25, 0.3) is 6.08 Å². The molecule has 0 spiro atoms. The van der Waals surface area contributed by atoms with Crippen LogP contribution in [-0.2, 0) is 11.3 Å². The van der Waals surface area contributed by atoms with E-state index in [1.54, 1.807) is 23.3 Å². The predicted molar refractivity (Wildman–Crippen MR) is 80.3 cm³/mol. The normalized spacial score (nSPS) is 11.0. The summed E-state index contributed by atoms with van der Waals surface area (Å²) in [5, 5.41) is 19.6. The van der Waals surface area contributed by atoms with Crippen molar-refractivity contribution in [2.75, 3.05) is 6.54 Å². The summed E-state index contributed by atoms with van der Waals surface area (Å²) in [6.07, 6.45) is 7.37. The van der Waals surface area contributed by atoms with E-state index in [0.717, 1.165) is 12.0 Å². The van der Waals surface area contributed by atoms with Gasteiger partial charge in [0.25, 0.3) is 5.91 Å². The summed E-state index contributed by atoms with van der Waals surface area (Å²) < 4.78 is 1.63. The van der Waals surface area contributed by atoms with Crippen molar-refractivity contribution < 1.29 is 4.79 Å². The quantitative estimate of drug-likeness (QED) is 0.637. The Kier molecular flexibility index (Phi) is 5.37. The first-order valence-electron chi connectivity index (χ1n) is 6.92. The molecule has 0 radical (unpaired) electrons. The number of rotatable bonds is 6. The van der Waals surface area contributed by atoms with Gasteiger partial charge in [-0.1, -0.05) is 18.2 Å². The number of nitrogens with one attached hydrogen (secondary N) is 1. The topological polar surface area (TPSA) is 96.5 Å². The molecule has 0 fully saturated rings. The summed E-state index contributed by atoms with van der Waals surface area (Å²) >= 11 is 0. The Bertz CT molecular complexity index is 698. The van der Waals surface area contributed by atoms with E-state index in [1.165, 1.54) is 6.08 Å². The monoisotopic (exact) mass is 296 g/mol. The van der Waals surface area contributed by atoms with Crippen LogP contribution in [0.2, 0.25) is 0 Å². The molecule has 0 aliphatic heterocycles. The molecule has 2 aromatic rings. The van der Waals surface area contributed by atoms with E-state index in [1.807, 2.05) is 25.1 Å². The van der Waals surface area contributed by atoms with Crippen LogP contribution < -0.4 is 5.32 Å². The van der Waals surface area contributed by atoms with Gasteiger partial charge in [0.05, 0.1) is 12.7 Å². The summed E-state index contributed by atoms with van der Waals surface area (Å²) in [7, 11) is 0. The molecule has 0 aromatic carbocycles. The molecule has 2 heterocycles. The molecule has 0 aliphatic carbocycles. The Morgan fingerprint density at radius 2 is 2.41 bits per heavy atom. The lowest BCUT2D eigenvalue weighted by molar-refractivity contribution is -0.117. The number of amides is 1. The summed E-state index contributed by atoms with van der Waals surface area (Å²) in [6, 6.07) is 5.66. The highest BCUT2D eigenvalue weighted by atomic mass is 16.1. The van der Waals surface area contributed by atoms with Gasteiger partial charge in [-0.05, 0) is 24.1 Å². The van der Waals surface area contributed by atoms with Crippen molar-refractivity contribution in [3.63, 3.8) is 0 Å². The molecular weight excluding hydrogens is 280 g/mol. The largest absolute Gasteiger partial charge is 0.351 e. The van der Waals surface area contributed by atoms with Crippen molar-refractivity contribution in [3.8, 4) is 6.07 Å². The van der Waals surface area contributed by atoms with Gasteiger partial charge in [0.1, 0.15) is 17.3 Å². The highest BCUT2D eigenvalue weighted by Crippen LogP contribution is 2.05. The molecule has 112 valence electrons. The van der Waals surface area contributed by atoms with Gasteiger partial charge in [-0.15, -0.1) is 5.10 Å². The first-order chi connectivity index (χ1) is 10.7. The standard InChI is InChI=1S/C15H16N6O/c1-2-5-18-15(22)13(8-16)7-14-11-21(20-19-14)10-12-4-3-6-17-9-12/h3-4,6-7,9,11H,2,5,10H2,1H3,(H,18,22)/b13-7-. The van der Waals surface area contributed by atoms with Gasteiger partial charge < -0.3 is 5.32 Å². The van der Waals surface area contributed by atoms with Crippen LogP contribution in [0.5, 0.6) is 0 Å². The van der Waals surface area contributed by atoms with Crippen LogP contribution >= 0.6 is 0 Å². The molecule has 1 N–H and O–H groups in total. The number of nitriles is 1. The summed E-state index contributed by atoms with van der Waals surface area (Å²) in [5.41, 5.74) is 1.47. The molecule has 0 atom stereocenters. The van der Waals surface area contributed by atoms with Crippen LogP contribution in [0.4, 0.5) is 0 Å². The van der Waals surface area contributed by atoms with E-state index in [9.17, 15) is 4.79 Å². The van der Waals surface area contributed by atoms with Crippen molar-refractivity contribution in [1.82, 2.24) is 25.3 Å². The molecule has 0 unspecified atom stereocenters. The molecule has 0 saturated heterocycles. The Hall–Kier alpha value is -3.01. The van der Waals surface area contributed by atoms with E-state index in [2.05, 4.69) is 20.6 Å². The average Bonchev–Trinajstić information content (AvgIpc) is 2.98. The Morgan fingerprint density at radius 3 is 3.09 bits per heavy atom. The lowest BCUT2D eigenvalue weighted by Gasteiger charge is -2.00. The number of pyridine rings is 1. The fourth-order valence-electron chi connectivity index (χ4n) is 1.77. The van der Waals surface area contributed by atoms with Crippen molar-refractivity contribution in [2.24, 2.45) is 0 Å². The molecule has 0 bridgehead atoms. The number of nitrogens with zero attached hydrogens (tertiary/aromatic N) is 5. The SMILES string of the molecule is CCCNC(=O)/C(C#N)=C\c1cn(Cc2cccnc2)nn1. The maximum absolute atomic E-state index is 11.8. The highest BCUT2D eigenvalue weighted by molar-refractivity contribution is 6.01. The molecule has 2 rings (SSSR count). The summed E-state index contributed by atoms with van der Waals surface area (Å²) in [6.45, 7) is 3.00. The van der Waals surface area contributed by atoms with Crippen LogP contribution in [0.15, 0.2) is 36.3 Å². The first kappa shape index (κ1) is 15.4. The highest BCUT2D eigenvalue weighted by Gasteiger charge is 2.09. The van der Waals surface area contributed by atoms with Gasteiger partial charge >= 0.3 is 0 Å². The van der Waals surface area contributed by atoms with E-state index in [4.69, 9.17) is 5.26 Å². The van der Waals surface area contributed by atoms with Crippen LogP contribution in [0.3, 0.4) is 0 Å². The van der Waals surface area contributed by atoms with E-state index in [-0.39, 0.29) is 5.57 Å². The maximum atomic E-state index is 11.8. The minimum Gasteiger partial charge on any atom is -0.351 e. The van der Waals surface area contributed by atoms with E-state index < -0.39 is 5.91 Å². The molecule has 2 aromatic heterocycles. The van der Waals surface area contributed by atoms with Gasteiger partial charge in [-0.3, -0.25) is 9.78 Å². The van der Waals surface area contributed by atoms with Crippen molar-refractivity contribution in [1.29, 1.82) is 5.26 Å². The van der Waals surface area contributed by atoms with E-state index >= 15 is 0 Å². The number of hydrogen-bond donors (Lipinski definition) is 1. The summed E-state index contributed by atoms with van der Waals surface area (Å²) in [5.74, 6) is -0.397. The van der Waals surface area contributed by atoms with Gasteiger partial charge in [-0.2, -0.15) is 5.26 Å². The Labute approximate surface area is 128 Å². The van der Waals surface area contributed by atoms with Crippen LogP contribution in [0.1, 0.15) is 24.6 Å². The fraction of sp³-hybridized carbons (Fsp3) is 0.267. The third-order valence-electron chi connectivity index (χ3n) is 2.82. The molecule has 7 nitrogen and oxygen atoms in total.